The lowest BCUT2D eigenvalue weighted by Gasteiger charge is -2.29. The number of carbonyl (C=O) groups is 1. The molecule has 1 heterocycles. The van der Waals surface area contributed by atoms with Crippen molar-refractivity contribution in [2.75, 3.05) is 13.1 Å². The smallest absolute Gasteiger partial charge is 0.220 e. The normalized spacial score (nSPS) is 28.0. The fourth-order valence-electron chi connectivity index (χ4n) is 3.71. The lowest BCUT2D eigenvalue weighted by molar-refractivity contribution is -0.123. The van der Waals surface area contributed by atoms with Crippen LogP contribution in [0.4, 0.5) is 0 Å². The van der Waals surface area contributed by atoms with Gasteiger partial charge in [0.25, 0.3) is 0 Å². The van der Waals surface area contributed by atoms with Crippen molar-refractivity contribution < 1.29 is 4.79 Å². The van der Waals surface area contributed by atoms with E-state index in [1.54, 1.807) is 0 Å². The maximum absolute atomic E-state index is 12.1. The topological polar surface area (TPSA) is 41.1 Å². The number of carbonyl (C=O) groups excluding carboxylic acids is 1. The number of piperidine rings is 1. The summed E-state index contributed by atoms with van der Waals surface area (Å²) in [5.74, 6) is 2.16. The van der Waals surface area contributed by atoms with Gasteiger partial charge in [0.05, 0.1) is 0 Å². The van der Waals surface area contributed by atoms with Crippen molar-refractivity contribution in [1.82, 2.24) is 10.6 Å². The van der Waals surface area contributed by atoms with E-state index in [9.17, 15) is 4.79 Å². The van der Waals surface area contributed by atoms with Gasteiger partial charge in [0.2, 0.25) is 5.91 Å². The second-order valence-corrected chi connectivity index (χ2v) is 6.69. The Hall–Kier alpha value is -0.570. The first-order valence-electron chi connectivity index (χ1n) is 8.17. The molecule has 2 rings (SSSR count). The average molecular weight is 266 g/mol. The SMILES string of the molecule is CC(CC(=O)N[C@H](C)C1CCCC1)C1CCCNC1. The van der Waals surface area contributed by atoms with Crippen molar-refractivity contribution in [2.45, 2.75) is 64.8 Å². The third kappa shape index (κ3) is 4.48. The Balaban J connectivity index is 1.70. The fourth-order valence-corrected chi connectivity index (χ4v) is 3.71. The summed E-state index contributed by atoms with van der Waals surface area (Å²) >= 11 is 0. The maximum atomic E-state index is 12.1. The molecule has 1 aliphatic heterocycles. The number of amides is 1. The summed E-state index contributed by atoms with van der Waals surface area (Å²) in [5, 5.41) is 6.68. The number of rotatable bonds is 5. The van der Waals surface area contributed by atoms with Crippen molar-refractivity contribution >= 4 is 5.91 Å². The minimum Gasteiger partial charge on any atom is -0.353 e. The van der Waals surface area contributed by atoms with Crippen LogP contribution in [0.3, 0.4) is 0 Å². The second kappa shape index (κ2) is 7.28. The molecule has 1 aliphatic carbocycles. The molecule has 0 aromatic rings. The van der Waals surface area contributed by atoms with Crippen LogP contribution in [0.25, 0.3) is 0 Å². The minimum atomic E-state index is 0.262. The first-order valence-corrected chi connectivity index (χ1v) is 8.17. The van der Waals surface area contributed by atoms with Crippen LogP contribution in [0.5, 0.6) is 0 Å². The van der Waals surface area contributed by atoms with Crippen molar-refractivity contribution in [3.63, 3.8) is 0 Å². The molecule has 3 nitrogen and oxygen atoms in total. The standard InChI is InChI=1S/C16H30N2O/c1-12(15-8-5-9-17-11-15)10-16(19)18-13(2)14-6-3-4-7-14/h12-15,17H,3-11H2,1-2H3,(H,18,19)/t12?,13-,15?/m1/s1. The van der Waals surface area contributed by atoms with E-state index in [1.807, 2.05) is 0 Å². The van der Waals surface area contributed by atoms with E-state index in [4.69, 9.17) is 0 Å². The predicted octanol–water partition coefficient (Wildman–Crippen LogP) is 2.71. The zero-order valence-corrected chi connectivity index (χ0v) is 12.6. The zero-order valence-electron chi connectivity index (χ0n) is 12.6. The molecule has 2 unspecified atom stereocenters. The summed E-state index contributed by atoms with van der Waals surface area (Å²) in [4.78, 5) is 12.1. The van der Waals surface area contributed by atoms with Crippen LogP contribution >= 0.6 is 0 Å². The molecule has 0 spiro atoms. The van der Waals surface area contributed by atoms with Crippen LogP contribution in [0.15, 0.2) is 0 Å². The molecule has 1 amide bonds. The molecule has 19 heavy (non-hydrogen) atoms. The van der Waals surface area contributed by atoms with Crippen LogP contribution in [0.1, 0.15) is 58.8 Å². The van der Waals surface area contributed by atoms with Crippen molar-refractivity contribution in [3.05, 3.63) is 0 Å². The Labute approximate surface area is 117 Å². The van der Waals surface area contributed by atoms with E-state index >= 15 is 0 Å². The van der Waals surface area contributed by atoms with Crippen molar-refractivity contribution in [2.24, 2.45) is 17.8 Å². The number of hydrogen-bond acceptors (Lipinski definition) is 2. The summed E-state index contributed by atoms with van der Waals surface area (Å²) in [7, 11) is 0. The van der Waals surface area contributed by atoms with E-state index in [1.165, 1.54) is 38.5 Å². The van der Waals surface area contributed by atoms with Gasteiger partial charge in [-0.2, -0.15) is 0 Å². The Bertz CT molecular complexity index is 280. The Morgan fingerprint density at radius 2 is 1.84 bits per heavy atom. The molecular weight excluding hydrogens is 236 g/mol. The van der Waals surface area contributed by atoms with Crippen molar-refractivity contribution in [3.8, 4) is 0 Å². The highest BCUT2D eigenvalue weighted by Crippen LogP contribution is 2.28. The second-order valence-electron chi connectivity index (χ2n) is 6.69. The van der Waals surface area contributed by atoms with Gasteiger partial charge in [-0.15, -0.1) is 0 Å². The van der Waals surface area contributed by atoms with Crippen LogP contribution in [-0.2, 0) is 4.79 Å². The average Bonchev–Trinajstić information content (AvgIpc) is 2.93. The lowest BCUT2D eigenvalue weighted by atomic mass is 9.85. The van der Waals surface area contributed by atoms with Crippen molar-refractivity contribution in [1.29, 1.82) is 0 Å². The Morgan fingerprint density at radius 1 is 1.16 bits per heavy atom. The van der Waals surface area contributed by atoms with Gasteiger partial charge in [-0.1, -0.05) is 19.8 Å². The lowest BCUT2D eigenvalue weighted by Crippen LogP contribution is -2.40. The first kappa shape index (κ1) is 14.8. The summed E-state index contributed by atoms with van der Waals surface area (Å²) in [5.41, 5.74) is 0. The van der Waals surface area contributed by atoms with Crippen LogP contribution in [0.2, 0.25) is 0 Å². The highest BCUT2D eigenvalue weighted by atomic mass is 16.1. The molecular formula is C16H30N2O. The molecule has 110 valence electrons. The van der Waals surface area contributed by atoms with Crippen LogP contribution < -0.4 is 10.6 Å². The number of nitrogens with one attached hydrogen (secondary N) is 2. The van der Waals surface area contributed by atoms with E-state index in [0.717, 1.165) is 19.0 Å². The zero-order chi connectivity index (χ0) is 13.7. The molecule has 0 aromatic heterocycles. The Morgan fingerprint density at radius 3 is 2.47 bits per heavy atom. The molecule has 0 radical (unpaired) electrons. The molecule has 1 saturated carbocycles. The maximum Gasteiger partial charge on any atom is 0.220 e. The fraction of sp³-hybridized carbons (Fsp3) is 0.938. The summed E-state index contributed by atoms with van der Waals surface area (Å²) < 4.78 is 0. The van der Waals surface area contributed by atoms with Gasteiger partial charge in [0.15, 0.2) is 0 Å². The van der Waals surface area contributed by atoms with E-state index in [-0.39, 0.29) is 5.91 Å². The van der Waals surface area contributed by atoms with Crippen LogP contribution in [-0.4, -0.2) is 25.0 Å². The summed E-state index contributed by atoms with van der Waals surface area (Å²) in [6, 6.07) is 0.367. The largest absolute Gasteiger partial charge is 0.353 e. The van der Waals surface area contributed by atoms with Gasteiger partial charge in [-0.25, -0.2) is 0 Å². The molecule has 1 saturated heterocycles. The summed E-state index contributed by atoms with van der Waals surface area (Å²) in [6.07, 6.45) is 8.51. The van der Waals surface area contributed by atoms with Gasteiger partial charge in [0, 0.05) is 12.5 Å². The monoisotopic (exact) mass is 266 g/mol. The molecule has 3 heteroatoms. The highest BCUT2D eigenvalue weighted by molar-refractivity contribution is 5.76. The van der Waals surface area contributed by atoms with E-state index in [2.05, 4.69) is 24.5 Å². The molecule has 3 atom stereocenters. The highest BCUT2D eigenvalue weighted by Gasteiger charge is 2.25. The molecule has 0 aromatic carbocycles. The predicted molar refractivity (Wildman–Crippen MR) is 78.9 cm³/mol. The number of hydrogen-bond donors (Lipinski definition) is 2. The quantitative estimate of drug-likeness (QED) is 0.803. The third-order valence-corrected chi connectivity index (χ3v) is 5.14. The van der Waals surface area contributed by atoms with Crippen LogP contribution in [0, 0.1) is 17.8 Å². The first-order chi connectivity index (χ1) is 9.16. The molecule has 2 N–H and O–H groups in total. The van der Waals surface area contributed by atoms with Gasteiger partial charge in [-0.05, 0) is 63.5 Å². The Kier molecular flexibility index (Phi) is 5.68. The third-order valence-electron chi connectivity index (χ3n) is 5.14. The molecule has 0 bridgehead atoms. The van der Waals surface area contributed by atoms with Gasteiger partial charge in [-0.3, -0.25) is 4.79 Å². The summed E-state index contributed by atoms with van der Waals surface area (Å²) in [6.45, 7) is 6.65. The van der Waals surface area contributed by atoms with Gasteiger partial charge >= 0.3 is 0 Å². The molecule has 2 fully saturated rings. The van der Waals surface area contributed by atoms with Gasteiger partial charge in [0.1, 0.15) is 0 Å². The van der Waals surface area contributed by atoms with Gasteiger partial charge < -0.3 is 10.6 Å². The minimum absolute atomic E-state index is 0.262. The molecule has 2 aliphatic rings. The van der Waals surface area contributed by atoms with E-state index < -0.39 is 0 Å². The van der Waals surface area contributed by atoms with E-state index in [0.29, 0.717) is 24.3 Å².